The predicted molar refractivity (Wildman–Crippen MR) is 101 cm³/mol. The summed E-state index contributed by atoms with van der Waals surface area (Å²) in [5, 5.41) is 2.42. The molecule has 2 aromatic carbocycles. The van der Waals surface area contributed by atoms with Crippen molar-refractivity contribution in [3.63, 3.8) is 0 Å². The lowest BCUT2D eigenvalue weighted by Gasteiger charge is -2.12. The molecule has 0 saturated heterocycles. The summed E-state index contributed by atoms with van der Waals surface area (Å²) < 4.78 is 5.56. The minimum Gasteiger partial charge on any atom is -0.483 e. The summed E-state index contributed by atoms with van der Waals surface area (Å²) in [6.07, 6.45) is 0.671. The lowest BCUT2D eigenvalue weighted by atomic mass is 10.0. The van der Waals surface area contributed by atoms with Crippen LogP contribution in [0.1, 0.15) is 25.0 Å². The molecule has 7 heteroatoms. The fraction of sp³-hybridized carbons (Fsp3) is 0.250. The molecule has 7 nitrogen and oxygen atoms in total. The molecule has 2 rings (SSSR count). The number of rotatable bonds is 6. The van der Waals surface area contributed by atoms with E-state index in [2.05, 4.69) is 10.7 Å². The molecular formula is C20H23N3O4. The fourth-order valence-corrected chi connectivity index (χ4v) is 2.30. The highest BCUT2D eigenvalue weighted by Crippen LogP contribution is 2.21. The third-order valence-electron chi connectivity index (χ3n) is 3.51. The van der Waals surface area contributed by atoms with Gasteiger partial charge in [0, 0.05) is 12.5 Å². The van der Waals surface area contributed by atoms with E-state index in [9.17, 15) is 14.4 Å². The topological polar surface area (TPSA) is 96.5 Å². The number of carbonyl (C=O) groups is 3. The molecule has 142 valence electrons. The van der Waals surface area contributed by atoms with Crippen molar-refractivity contribution in [2.24, 2.45) is 0 Å². The largest absolute Gasteiger partial charge is 0.483 e. The number of nitrogens with one attached hydrogen (secondary N) is 3. The van der Waals surface area contributed by atoms with Gasteiger partial charge in [0.15, 0.2) is 6.61 Å². The van der Waals surface area contributed by atoms with E-state index in [0.29, 0.717) is 12.2 Å². The van der Waals surface area contributed by atoms with Gasteiger partial charge in [0.05, 0.1) is 0 Å². The first kappa shape index (κ1) is 20.0. The molecule has 0 heterocycles. The second-order valence-electron chi connectivity index (χ2n) is 6.19. The Kier molecular flexibility index (Phi) is 7.37. The van der Waals surface area contributed by atoms with E-state index in [1.54, 1.807) is 19.9 Å². The number of hydrazine groups is 1. The molecule has 0 saturated carbocycles. The van der Waals surface area contributed by atoms with Crippen LogP contribution in [0.25, 0.3) is 0 Å². The molecule has 0 atom stereocenters. The third-order valence-corrected chi connectivity index (χ3v) is 3.51. The van der Waals surface area contributed by atoms with Crippen LogP contribution in [0.2, 0.25) is 0 Å². The smallest absolute Gasteiger partial charge is 0.327 e. The fourth-order valence-electron chi connectivity index (χ4n) is 2.30. The normalized spacial score (nSPS) is 10.2. The van der Waals surface area contributed by atoms with Gasteiger partial charge in [-0.2, -0.15) is 0 Å². The maximum Gasteiger partial charge on any atom is 0.327 e. The first-order valence-corrected chi connectivity index (χ1v) is 8.60. The molecule has 0 bridgehead atoms. The van der Waals surface area contributed by atoms with Crippen LogP contribution in [0.4, 0.5) is 0 Å². The predicted octanol–water partition coefficient (Wildman–Crippen LogP) is 1.33. The zero-order chi connectivity index (χ0) is 19.6. The van der Waals surface area contributed by atoms with E-state index < -0.39 is 17.7 Å². The second kappa shape index (κ2) is 9.96. The minimum atomic E-state index is -0.943. The zero-order valence-corrected chi connectivity index (χ0v) is 15.3. The summed E-state index contributed by atoms with van der Waals surface area (Å²) in [5.41, 5.74) is 6.27. The van der Waals surface area contributed by atoms with E-state index in [1.807, 2.05) is 54.0 Å². The zero-order valence-electron chi connectivity index (χ0n) is 15.3. The maximum absolute atomic E-state index is 11.9. The van der Waals surface area contributed by atoms with Crippen LogP contribution in [0.3, 0.4) is 0 Å². The molecular weight excluding hydrogens is 346 g/mol. The van der Waals surface area contributed by atoms with E-state index >= 15 is 0 Å². The van der Waals surface area contributed by atoms with Crippen molar-refractivity contribution in [3.8, 4) is 5.75 Å². The Morgan fingerprint density at radius 3 is 2.26 bits per heavy atom. The summed E-state index contributed by atoms with van der Waals surface area (Å²) in [6, 6.07) is 17.2. The van der Waals surface area contributed by atoms with Crippen molar-refractivity contribution >= 4 is 17.7 Å². The molecule has 3 N–H and O–H groups in total. The average molecular weight is 369 g/mol. The van der Waals surface area contributed by atoms with Gasteiger partial charge in [-0.1, -0.05) is 48.5 Å². The molecule has 0 spiro atoms. The summed E-state index contributed by atoms with van der Waals surface area (Å²) >= 11 is 0. The molecule has 3 amide bonds. The highest BCUT2D eigenvalue weighted by molar-refractivity contribution is 6.35. The van der Waals surface area contributed by atoms with Gasteiger partial charge in [-0.05, 0) is 31.0 Å². The molecule has 0 radical (unpaired) electrons. The number of amides is 3. The quantitative estimate of drug-likeness (QED) is 0.529. The summed E-state index contributed by atoms with van der Waals surface area (Å²) in [7, 11) is 0. The summed E-state index contributed by atoms with van der Waals surface area (Å²) in [4.78, 5) is 34.8. The Labute approximate surface area is 158 Å². The van der Waals surface area contributed by atoms with Crippen molar-refractivity contribution in [1.82, 2.24) is 16.2 Å². The monoisotopic (exact) mass is 369 g/mol. The van der Waals surface area contributed by atoms with Crippen molar-refractivity contribution in [1.29, 1.82) is 0 Å². The minimum absolute atomic E-state index is 0.177. The van der Waals surface area contributed by atoms with E-state index in [4.69, 9.17) is 4.74 Å². The standard InChI is InChI=1S/C20H23N3O4/c1-14(2)21-19(25)20(26)23-22-18(24)13-27-17-11-7-6-10-16(17)12-15-8-4-3-5-9-15/h3-11,14H,12-13H2,1-2H3,(H,21,25)(H,22,24)(H,23,26). The highest BCUT2D eigenvalue weighted by Gasteiger charge is 2.15. The van der Waals surface area contributed by atoms with Gasteiger partial charge in [0.1, 0.15) is 5.75 Å². The molecule has 0 fully saturated rings. The Balaban J connectivity index is 1.85. The van der Waals surface area contributed by atoms with Gasteiger partial charge in [0.25, 0.3) is 5.91 Å². The van der Waals surface area contributed by atoms with Gasteiger partial charge < -0.3 is 10.1 Å². The first-order valence-electron chi connectivity index (χ1n) is 8.60. The Bertz CT molecular complexity index is 791. The van der Waals surface area contributed by atoms with E-state index in [1.165, 1.54) is 0 Å². The van der Waals surface area contributed by atoms with Crippen LogP contribution < -0.4 is 20.9 Å². The molecule has 2 aromatic rings. The lowest BCUT2D eigenvalue weighted by Crippen LogP contribution is -2.50. The van der Waals surface area contributed by atoms with Crippen LogP contribution in [0.15, 0.2) is 54.6 Å². The number of hydrogen-bond donors (Lipinski definition) is 3. The second-order valence-corrected chi connectivity index (χ2v) is 6.19. The van der Waals surface area contributed by atoms with Crippen LogP contribution in [-0.4, -0.2) is 30.4 Å². The van der Waals surface area contributed by atoms with Gasteiger partial charge in [-0.3, -0.25) is 25.2 Å². The molecule has 0 aliphatic rings. The lowest BCUT2D eigenvalue weighted by molar-refractivity contribution is -0.141. The van der Waals surface area contributed by atoms with Crippen LogP contribution in [0, 0.1) is 0 Å². The molecule has 0 aliphatic heterocycles. The highest BCUT2D eigenvalue weighted by atomic mass is 16.5. The molecule has 0 aromatic heterocycles. The Morgan fingerprint density at radius 2 is 1.56 bits per heavy atom. The van der Waals surface area contributed by atoms with Crippen molar-refractivity contribution in [2.45, 2.75) is 26.3 Å². The number of ether oxygens (including phenoxy) is 1. The number of carbonyl (C=O) groups excluding carboxylic acids is 3. The van der Waals surface area contributed by atoms with Crippen LogP contribution in [0.5, 0.6) is 5.75 Å². The maximum atomic E-state index is 11.9. The Morgan fingerprint density at radius 1 is 0.889 bits per heavy atom. The first-order chi connectivity index (χ1) is 13.0. The Hall–Kier alpha value is -3.35. The molecule has 27 heavy (non-hydrogen) atoms. The van der Waals surface area contributed by atoms with Gasteiger partial charge in [-0.25, -0.2) is 0 Å². The SMILES string of the molecule is CC(C)NC(=O)C(=O)NNC(=O)COc1ccccc1Cc1ccccc1. The molecule has 0 unspecified atom stereocenters. The molecule has 0 aliphatic carbocycles. The van der Waals surface area contributed by atoms with Gasteiger partial charge in [-0.15, -0.1) is 0 Å². The number of hydrogen-bond acceptors (Lipinski definition) is 4. The van der Waals surface area contributed by atoms with Crippen LogP contribution >= 0.6 is 0 Å². The third kappa shape index (κ3) is 6.81. The van der Waals surface area contributed by atoms with Crippen molar-refractivity contribution < 1.29 is 19.1 Å². The van der Waals surface area contributed by atoms with E-state index in [-0.39, 0.29) is 12.6 Å². The average Bonchev–Trinajstić information content (AvgIpc) is 2.65. The van der Waals surface area contributed by atoms with Gasteiger partial charge >= 0.3 is 11.8 Å². The number of benzene rings is 2. The number of para-hydroxylation sites is 1. The van der Waals surface area contributed by atoms with Crippen molar-refractivity contribution in [2.75, 3.05) is 6.61 Å². The van der Waals surface area contributed by atoms with E-state index in [0.717, 1.165) is 11.1 Å². The summed E-state index contributed by atoms with van der Waals surface area (Å²) in [5.74, 6) is -1.75. The van der Waals surface area contributed by atoms with Crippen LogP contribution in [-0.2, 0) is 20.8 Å². The summed E-state index contributed by atoms with van der Waals surface area (Å²) in [6.45, 7) is 3.16. The van der Waals surface area contributed by atoms with Gasteiger partial charge in [0.2, 0.25) is 0 Å². The van der Waals surface area contributed by atoms with Crippen molar-refractivity contribution in [3.05, 3.63) is 65.7 Å².